The normalized spacial score (nSPS) is 13.7. The summed E-state index contributed by atoms with van der Waals surface area (Å²) in [4.78, 5) is 12.7. The van der Waals surface area contributed by atoms with Crippen molar-refractivity contribution in [2.45, 2.75) is 51.1 Å². The molecular weight excluding hydrogens is 458 g/mol. The second-order valence-electron chi connectivity index (χ2n) is 8.41. The van der Waals surface area contributed by atoms with Gasteiger partial charge in [-0.3, -0.25) is 0 Å². The molecule has 5 nitrogen and oxygen atoms in total. The van der Waals surface area contributed by atoms with Gasteiger partial charge in [-0.25, -0.2) is 13.6 Å². The predicted molar refractivity (Wildman–Crippen MR) is 132 cm³/mol. The van der Waals surface area contributed by atoms with Gasteiger partial charge < -0.3 is 18.0 Å². The average molecular weight is 491 g/mol. The van der Waals surface area contributed by atoms with Crippen LogP contribution in [0, 0.1) is 0 Å². The van der Waals surface area contributed by atoms with Crippen LogP contribution in [-0.4, -0.2) is 41.7 Å². The van der Waals surface area contributed by atoms with Crippen molar-refractivity contribution in [2.75, 3.05) is 20.8 Å². The van der Waals surface area contributed by atoms with Crippen molar-refractivity contribution in [3.63, 3.8) is 0 Å². The Morgan fingerprint density at radius 2 is 1.68 bits per heavy atom. The molecule has 0 spiro atoms. The first-order valence-corrected chi connectivity index (χ1v) is 14.0. The van der Waals surface area contributed by atoms with Gasteiger partial charge in [0.25, 0.3) is 0 Å². The molecule has 0 fully saturated rings. The fourth-order valence-electron chi connectivity index (χ4n) is 3.80. The third-order valence-corrected chi connectivity index (χ3v) is 9.11. The SMILES string of the molecule is CCc1ccccc1-c1cc2ccc(OCCC(F)C(F)CC[Si](C)(OC)OC)cc2oc1=O. The molecule has 0 saturated heterocycles. The molecule has 0 bridgehead atoms. The highest BCUT2D eigenvalue weighted by atomic mass is 28.4. The Bertz CT molecular complexity index is 1150. The smallest absolute Gasteiger partial charge is 0.344 e. The van der Waals surface area contributed by atoms with E-state index in [9.17, 15) is 13.6 Å². The standard InChI is InChI=1S/C26H32F2O5Si/c1-5-18-8-6-7-9-21(18)22-16-19-10-11-20(17-25(19)33-26(22)29)32-14-12-23(27)24(28)13-15-34(4,30-2)31-3/h6-11,16-17,23-24H,5,12-15H2,1-4H3. The molecule has 0 aliphatic heterocycles. The van der Waals surface area contributed by atoms with Crippen LogP contribution in [0.2, 0.25) is 12.6 Å². The van der Waals surface area contributed by atoms with Gasteiger partial charge in [-0.2, -0.15) is 0 Å². The van der Waals surface area contributed by atoms with E-state index in [0.717, 1.165) is 22.9 Å². The van der Waals surface area contributed by atoms with Crippen molar-refractivity contribution in [3.8, 4) is 16.9 Å². The third-order valence-electron chi connectivity index (χ3n) is 6.19. The quantitative estimate of drug-likeness (QED) is 0.223. The van der Waals surface area contributed by atoms with Crippen LogP contribution in [0.15, 0.2) is 57.7 Å². The van der Waals surface area contributed by atoms with E-state index in [4.69, 9.17) is 18.0 Å². The molecule has 34 heavy (non-hydrogen) atoms. The Kier molecular flexibility index (Phi) is 8.99. The lowest BCUT2D eigenvalue weighted by Gasteiger charge is -2.24. The molecule has 0 N–H and O–H groups in total. The van der Waals surface area contributed by atoms with Crippen LogP contribution >= 0.6 is 0 Å². The Hall–Kier alpha value is -2.55. The van der Waals surface area contributed by atoms with Crippen LogP contribution in [-0.2, 0) is 15.3 Å². The van der Waals surface area contributed by atoms with Crippen molar-refractivity contribution >= 4 is 19.5 Å². The monoisotopic (exact) mass is 490 g/mol. The van der Waals surface area contributed by atoms with Crippen LogP contribution in [0.5, 0.6) is 5.75 Å². The lowest BCUT2D eigenvalue weighted by molar-refractivity contribution is 0.130. The van der Waals surface area contributed by atoms with Crippen molar-refractivity contribution in [2.24, 2.45) is 0 Å². The van der Waals surface area contributed by atoms with Gasteiger partial charge in [0, 0.05) is 32.1 Å². The number of aryl methyl sites for hydroxylation is 1. The van der Waals surface area contributed by atoms with E-state index in [0.29, 0.717) is 22.9 Å². The van der Waals surface area contributed by atoms with Gasteiger partial charge in [0.05, 0.1) is 12.2 Å². The average Bonchev–Trinajstić information content (AvgIpc) is 2.86. The molecule has 0 aliphatic carbocycles. The van der Waals surface area contributed by atoms with Gasteiger partial charge >= 0.3 is 14.2 Å². The zero-order valence-corrected chi connectivity index (χ0v) is 21.1. The summed E-state index contributed by atoms with van der Waals surface area (Å²) in [5.74, 6) is 0.429. The summed E-state index contributed by atoms with van der Waals surface area (Å²) in [6, 6.07) is 15.0. The number of hydrogen-bond acceptors (Lipinski definition) is 5. The van der Waals surface area contributed by atoms with Gasteiger partial charge in [0.15, 0.2) is 0 Å². The van der Waals surface area contributed by atoms with Crippen molar-refractivity contribution in [3.05, 3.63) is 64.5 Å². The fourth-order valence-corrected chi connectivity index (χ4v) is 5.17. The Morgan fingerprint density at radius 1 is 0.971 bits per heavy atom. The zero-order valence-electron chi connectivity index (χ0n) is 20.1. The summed E-state index contributed by atoms with van der Waals surface area (Å²) < 4.78 is 50.3. The van der Waals surface area contributed by atoms with Crippen LogP contribution in [0.3, 0.4) is 0 Å². The number of ether oxygens (including phenoxy) is 1. The minimum absolute atomic E-state index is 0.00252. The predicted octanol–water partition coefficient (Wildman–Crippen LogP) is 6.22. The summed E-state index contributed by atoms with van der Waals surface area (Å²) in [6.45, 7) is 3.86. The summed E-state index contributed by atoms with van der Waals surface area (Å²) in [5, 5.41) is 0.753. The number of hydrogen-bond donors (Lipinski definition) is 0. The molecule has 184 valence electrons. The largest absolute Gasteiger partial charge is 0.493 e. The number of halogens is 2. The lowest BCUT2D eigenvalue weighted by Crippen LogP contribution is -2.37. The van der Waals surface area contributed by atoms with Gasteiger partial charge in [0.1, 0.15) is 23.7 Å². The van der Waals surface area contributed by atoms with Gasteiger partial charge in [0.2, 0.25) is 0 Å². The number of benzene rings is 2. The molecule has 1 aromatic heterocycles. The number of rotatable bonds is 12. The van der Waals surface area contributed by atoms with Crippen LogP contribution < -0.4 is 10.4 Å². The van der Waals surface area contributed by atoms with E-state index in [1.165, 1.54) is 14.2 Å². The molecule has 3 rings (SSSR count). The van der Waals surface area contributed by atoms with Crippen molar-refractivity contribution < 1.29 is 26.8 Å². The van der Waals surface area contributed by atoms with E-state index in [-0.39, 0.29) is 19.4 Å². The maximum atomic E-state index is 14.3. The van der Waals surface area contributed by atoms with Crippen LogP contribution in [0.1, 0.15) is 25.3 Å². The van der Waals surface area contributed by atoms with Gasteiger partial charge in [-0.05, 0) is 54.8 Å². The molecule has 0 amide bonds. The lowest BCUT2D eigenvalue weighted by atomic mass is 9.98. The molecule has 8 heteroatoms. The van der Waals surface area contributed by atoms with Crippen LogP contribution in [0.25, 0.3) is 22.1 Å². The maximum absolute atomic E-state index is 14.3. The van der Waals surface area contributed by atoms with E-state index < -0.39 is 26.5 Å². The van der Waals surface area contributed by atoms with Crippen molar-refractivity contribution in [1.29, 1.82) is 0 Å². The molecular formula is C26H32F2O5Si. The maximum Gasteiger partial charge on any atom is 0.344 e. The van der Waals surface area contributed by atoms with Crippen LogP contribution in [0.4, 0.5) is 8.78 Å². The molecule has 1 heterocycles. The zero-order chi connectivity index (χ0) is 24.7. The highest BCUT2D eigenvalue weighted by molar-refractivity contribution is 6.65. The second-order valence-corrected chi connectivity index (χ2v) is 12.0. The molecule has 2 atom stereocenters. The minimum atomic E-state index is -2.43. The first kappa shape index (κ1) is 26.1. The fraction of sp³-hybridized carbons (Fsp3) is 0.423. The molecule has 3 aromatic rings. The summed E-state index contributed by atoms with van der Waals surface area (Å²) in [5.41, 5.74) is 2.38. The first-order valence-electron chi connectivity index (χ1n) is 11.5. The Balaban J connectivity index is 1.63. The highest BCUT2D eigenvalue weighted by Gasteiger charge is 2.31. The highest BCUT2D eigenvalue weighted by Crippen LogP contribution is 2.27. The number of alkyl halides is 2. The molecule has 0 saturated carbocycles. The van der Waals surface area contributed by atoms with Gasteiger partial charge in [-0.1, -0.05) is 31.2 Å². The Labute approximate surface area is 199 Å². The first-order chi connectivity index (χ1) is 16.3. The molecule has 0 aliphatic rings. The van der Waals surface area contributed by atoms with E-state index in [1.807, 2.05) is 43.8 Å². The third kappa shape index (κ3) is 6.31. The Morgan fingerprint density at radius 3 is 2.38 bits per heavy atom. The topological polar surface area (TPSA) is 57.9 Å². The van der Waals surface area contributed by atoms with Crippen molar-refractivity contribution in [1.82, 2.24) is 0 Å². The van der Waals surface area contributed by atoms with E-state index >= 15 is 0 Å². The minimum Gasteiger partial charge on any atom is -0.493 e. The summed E-state index contributed by atoms with van der Waals surface area (Å²) >= 11 is 0. The van der Waals surface area contributed by atoms with E-state index in [2.05, 4.69) is 0 Å². The second kappa shape index (κ2) is 11.7. The molecule has 2 unspecified atom stereocenters. The molecule has 2 aromatic carbocycles. The van der Waals surface area contributed by atoms with E-state index in [1.54, 1.807) is 18.2 Å². The summed E-state index contributed by atoms with van der Waals surface area (Å²) in [7, 11) is 0.630. The molecule has 0 radical (unpaired) electrons. The van der Waals surface area contributed by atoms with Gasteiger partial charge in [-0.15, -0.1) is 0 Å². The summed E-state index contributed by atoms with van der Waals surface area (Å²) in [6.07, 6.45) is -2.51. The number of fused-ring (bicyclic) bond motifs is 1.